The molecule has 0 fully saturated rings. The van der Waals surface area contributed by atoms with Crippen LogP contribution in [0.5, 0.6) is 0 Å². The summed E-state index contributed by atoms with van der Waals surface area (Å²) in [4.78, 5) is 14.5. The summed E-state index contributed by atoms with van der Waals surface area (Å²) in [5.41, 5.74) is 7.06. The average Bonchev–Trinajstić information content (AvgIpc) is 2.68. The summed E-state index contributed by atoms with van der Waals surface area (Å²) < 4.78 is 4.98. The molecule has 0 amide bonds. The number of unbranched alkanes of at least 4 members (excludes halogenated alkanes) is 4. The molecular formula is C22H38N2O2. The first kappa shape index (κ1) is 22.7. The molecule has 0 bridgehead atoms. The van der Waals surface area contributed by atoms with Crippen molar-refractivity contribution in [2.45, 2.75) is 77.3 Å². The second-order valence-electron chi connectivity index (χ2n) is 7.10. The van der Waals surface area contributed by atoms with Crippen LogP contribution in [0.25, 0.3) is 0 Å². The smallest absolute Gasteiger partial charge is 0.307 e. The molecule has 0 heterocycles. The number of ether oxygens (including phenoxy) is 1. The molecule has 0 radical (unpaired) electrons. The van der Waals surface area contributed by atoms with E-state index in [0.717, 1.165) is 25.8 Å². The van der Waals surface area contributed by atoms with Crippen molar-refractivity contribution in [3.63, 3.8) is 0 Å². The van der Waals surface area contributed by atoms with Gasteiger partial charge in [0.15, 0.2) is 0 Å². The molecule has 0 unspecified atom stereocenters. The van der Waals surface area contributed by atoms with Crippen molar-refractivity contribution in [1.29, 1.82) is 0 Å². The van der Waals surface area contributed by atoms with Crippen LogP contribution in [0.3, 0.4) is 0 Å². The Morgan fingerprint density at radius 3 is 2.42 bits per heavy atom. The lowest BCUT2D eigenvalue weighted by Crippen LogP contribution is -2.40. The van der Waals surface area contributed by atoms with E-state index in [9.17, 15) is 4.79 Å². The van der Waals surface area contributed by atoms with Crippen LogP contribution in [-0.4, -0.2) is 37.1 Å². The Morgan fingerprint density at radius 1 is 1.12 bits per heavy atom. The lowest BCUT2D eigenvalue weighted by atomic mass is 9.98. The highest BCUT2D eigenvalue weighted by Crippen LogP contribution is 2.27. The summed E-state index contributed by atoms with van der Waals surface area (Å²) in [5, 5.41) is 0. The van der Waals surface area contributed by atoms with Crippen molar-refractivity contribution >= 4 is 5.97 Å². The molecular weight excluding hydrogens is 324 g/mol. The van der Waals surface area contributed by atoms with Crippen LogP contribution >= 0.6 is 0 Å². The SMILES string of the molecule is CCCCCCC[C@@H](CC(=O)OC)N(CCCN)[C@@H](C)c1ccccc1. The average molecular weight is 363 g/mol. The fourth-order valence-corrected chi connectivity index (χ4v) is 3.53. The van der Waals surface area contributed by atoms with Gasteiger partial charge in [0.25, 0.3) is 0 Å². The number of esters is 1. The molecule has 0 aliphatic heterocycles. The number of hydrogen-bond donors (Lipinski definition) is 1. The fraction of sp³-hybridized carbons (Fsp3) is 0.682. The molecule has 0 aromatic heterocycles. The number of carbonyl (C=O) groups excluding carboxylic acids is 1. The number of hydrogen-bond acceptors (Lipinski definition) is 4. The highest BCUT2D eigenvalue weighted by molar-refractivity contribution is 5.69. The second-order valence-corrected chi connectivity index (χ2v) is 7.10. The largest absolute Gasteiger partial charge is 0.469 e. The first-order chi connectivity index (χ1) is 12.6. The highest BCUT2D eigenvalue weighted by Gasteiger charge is 2.26. The highest BCUT2D eigenvalue weighted by atomic mass is 16.5. The Balaban J connectivity index is 2.85. The number of rotatable bonds is 14. The summed E-state index contributed by atoms with van der Waals surface area (Å²) in [6.07, 6.45) is 8.62. The maximum Gasteiger partial charge on any atom is 0.307 e. The third kappa shape index (κ3) is 8.33. The van der Waals surface area contributed by atoms with E-state index in [4.69, 9.17) is 10.5 Å². The lowest BCUT2D eigenvalue weighted by Gasteiger charge is -2.36. The minimum Gasteiger partial charge on any atom is -0.469 e. The van der Waals surface area contributed by atoms with Gasteiger partial charge in [-0.1, -0.05) is 69.4 Å². The summed E-state index contributed by atoms with van der Waals surface area (Å²) in [5.74, 6) is -0.124. The van der Waals surface area contributed by atoms with Crippen molar-refractivity contribution < 1.29 is 9.53 Å². The van der Waals surface area contributed by atoms with Gasteiger partial charge in [-0.2, -0.15) is 0 Å². The van der Waals surface area contributed by atoms with Gasteiger partial charge in [-0.25, -0.2) is 0 Å². The Morgan fingerprint density at radius 2 is 1.81 bits per heavy atom. The van der Waals surface area contributed by atoms with Crippen LogP contribution in [0, 0.1) is 0 Å². The Hall–Kier alpha value is -1.39. The molecule has 2 atom stereocenters. The summed E-state index contributed by atoms with van der Waals surface area (Å²) in [7, 11) is 1.48. The molecule has 148 valence electrons. The van der Waals surface area contributed by atoms with Crippen LogP contribution in [0.2, 0.25) is 0 Å². The van der Waals surface area contributed by atoms with Gasteiger partial charge in [-0.05, 0) is 31.9 Å². The zero-order valence-electron chi connectivity index (χ0n) is 17.0. The lowest BCUT2D eigenvalue weighted by molar-refractivity contribution is -0.142. The number of carbonyl (C=O) groups is 1. The van der Waals surface area contributed by atoms with Crippen molar-refractivity contribution in [2.75, 3.05) is 20.2 Å². The Bertz CT molecular complexity index is 478. The second kappa shape index (κ2) is 13.8. The number of nitrogens with two attached hydrogens (primary N) is 1. The minimum atomic E-state index is -0.124. The summed E-state index contributed by atoms with van der Waals surface area (Å²) in [6, 6.07) is 11.0. The van der Waals surface area contributed by atoms with Crippen molar-refractivity contribution in [1.82, 2.24) is 4.90 Å². The molecule has 1 aromatic rings. The molecule has 2 N–H and O–H groups in total. The zero-order chi connectivity index (χ0) is 19.2. The van der Waals surface area contributed by atoms with E-state index in [1.54, 1.807) is 0 Å². The number of methoxy groups -OCH3 is 1. The first-order valence-electron chi connectivity index (χ1n) is 10.2. The topological polar surface area (TPSA) is 55.6 Å². The van der Waals surface area contributed by atoms with Crippen LogP contribution in [0.1, 0.15) is 76.8 Å². The van der Waals surface area contributed by atoms with Crippen LogP contribution in [0.15, 0.2) is 30.3 Å². The summed E-state index contributed by atoms with van der Waals surface area (Å²) in [6.45, 7) is 6.03. The van der Waals surface area contributed by atoms with Gasteiger partial charge in [0.1, 0.15) is 0 Å². The number of nitrogens with zero attached hydrogens (tertiary/aromatic N) is 1. The molecule has 4 heteroatoms. The van der Waals surface area contributed by atoms with E-state index >= 15 is 0 Å². The van der Waals surface area contributed by atoms with E-state index < -0.39 is 0 Å². The summed E-state index contributed by atoms with van der Waals surface area (Å²) >= 11 is 0. The predicted molar refractivity (Wildman–Crippen MR) is 109 cm³/mol. The van der Waals surface area contributed by atoms with Crippen molar-refractivity contribution in [2.24, 2.45) is 5.73 Å². The van der Waals surface area contributed by atoms with Gasteiger partial charge in [0, 0.05) is 18.6 Å². The minimum absolute atomic E-state index is 0.124. The van der Waals surface area contributed by atoms with Crippen molar-refractivity contribution in [3.05, 3.63) is 35.9 Å². The molecule has 0 aliphatic rings. The van der Waals surface area contributed by atoms with Gasteiger partial charge < -0.3 is 10.5 Å². The van der Waals surface area contributed by atoms with E-state index in [1.165, 1.54) is 38.4 Å². The van der Waals surface area contributed by atoms with Gasteiger partial charge in [0.05, 0.1) is 13.5 Å². The van der Waals surface area contributed by atoms with Crippen molar-refractivity contribution in [3.8, 4) is 0 Å². The standard InChI is InChI=1S/C22H38N2O2/c1-4-5-6-7-11-15-21(18-22(25)26-3)24(17-12-16-23)19(2)20-13-9-8-10-14-20/h8-10,13-14,19,21H,4-7,11-12,15-18,23H2,1-3H3/t19-,21-/m0/s1. The molecule has 0 spiro atoms. The molecule has 26 heavy (non-hydrogen) atoms. The molecule has 0 saturated carbocycles. The third-order valence-electron chi connectivity index (χ3n) is 5.14. The first-order valence-corrected chi connectivity index (χ1v) is 10.2. The third-order valence-corrected chi connectivity index (χ3v) is 5.14. The molecule has 0 saturated heterocycles. The van der Waals surface area contributed by atoms with Gasteiger partial charge >= 0.3 is 5.97 Å². The van der Waals surface area contributed by atoms with E-state index in [2.05, 4.69) is 43.0 Å². The quantitative estimate of drug-likeness (QED) is 0.385. The van der Waals surface area contributed by atoms with E-state index in [-0.39, 0.29) is 18.1 Å². The van der Waals surface area contributed by atoms with Gasteiger partial charge in [-0.3, -0.25) is 9.69 Å². The molecule has 1 aromatic carbocycles. The van der Waals surface area contributed by atoms with Gasteiger partial charge in [0.2, 0.25) is 0 Å². The van der Waals surface area contributed by atoms with E-state index in [1.807, 2.05) is 6.07 Å². The van der Waals surface area contributed by atoms with E-state index in [0.29, 0.717) is 13.0 Å². The molecule has 1 rings (SSSR count). The van der Waals surface area contributed by atoms with Crippen LogP contribution in [-0.2, 0) is 9.53 Å². The normalized spacial score (nSPS) is 13.6. The van der Waals surface area contributed by atoms with Gasteiger partial charge in [-0.15, -0.1) is 0 Å². The maximum atomic E-state index is 12.0. The van der Waals surface area contributed by atoms with Crippen LogP contribution in [0.4, 0.5) is 0 Å². The Labute approximate surface area is 160 Å². The molecule has 0 aliphatic carbocycles. The maximum absolute atomic E-state index is 12.0. The Kier molecular flexibility index (Phi) is 12.0. The number of benzene rings is 1. The predicted octanol–water partition coefficient (Wildman–Crippen LogP) is 4.69. The zero-order valence-corrected chi connectivity index (χ0v) is 17.0. The fourth-order valence-electron chi connectivity index (χ4n) is 3.53. The van der Waals surface area contributed by atoms with Crippen LogP contribution < -0.4 is 5.73 Å². The molecule has 4 nitrogen and oxygen atoms in total. The monoisotopic (exact) mass is 362 g/mol.